The number of likely N-dealkylation sites (tertiary alicyclic amines) is 1. The van der Waals surface area contributed by atoms with Crippen molar-refractivity contribution in [2.75, 3.05) is 13.1 Å². The fraction of sp³-hybridized carbons (Fsp3) is 0.310. The number of carbonyl (C=O) groups excluding carboxylic acids is 2. The van der Waals surface area contributed by atoms with Crippen molar-refractivity contribution in [1.29, 1.82) is 0 Å². The SMILES string of the molecule is CC[C@@H]1CN(C(=O)OCc2ccccc2)C[C@@H]1C(=O)NCc1cnc2c(ccn2S(=O)(=O)c2ccc(C)cc2)n1. The molecule has 0 radical (unpaired) electrons. The fourth-order valence-corrected chi connectivity index (χ4v) is 6.18. The van der Waals surface area contributed by atoms with Gasteiger partial charge in [0.1, 0.15) is 12.1 Å². The van der Waals surface area contributed by atoms with Crippen molar-refractivity contribution in [3.05, 3.63) is 89.9 Å². The van der Waals surface area contributed by atoms with Gasteiger partial charge < -0.3 is 15.0 Å². The zero-order valence-electron chi connectivity index (χ0n) is 22.4. The Morgan fingerprint density at radius 1 is 1.05 bits per heavy atom. The summed E-state index contributed by atoms with van der Waals surface area (Å²) >= 11 is 0. The van der Waals surface area contributed by atoms with Gasteiger partial charge in [-0.05, 0) is 36.6 Å². The molecule has 5 rings (SSSR count). The summed E-state index contributed by atoms with van der Waals surface area (Å²) in [6.45, 7) is 4.93. The minimum absolute atomic E-state index is 0.0128. The third-order valence-electron chi connectivity index (χ3n) is 7.19. The van der Waals surface area contributed by atoms with Gasteiger partial charge in [-0.25, -0.2) is 27.2 Å². The summed E-state index contributed by atoms with van der Waals surface area (Å²) < 4.78 is 32.8. The van der Waals surface area contributed by atoms with Crippen LogP contribution >= 0.6 is 0 Å². The highest BCUT2D eigenvalue weighted by atomic mass is 32.2. The van der Waals surface area contributed by atoms with Gasteiger partial charge in [-0.3, -0.25) is 4.79 Å². The second-order valence-corrected chi connectivity index (χ2v) is 11.8. The van der Waals surface area contributed by atoms with E-state index in [-0.39, 0.29) is 48.0 Å². The molecule has 1 aliphatic heterocycles. The standard InChI is InChI=1S/C29H31N5O5S/c1-3-22-17-33(29(36)39-19-21-7-5-4-6-8-21)18-25(22)28(35)31-16-23-15-30-27-26(32-23)13-14-34(27)40(37,38)24-11-9-20(2)10-12-24/h4-15,22,25H,3,16-19H2,1-2H3,(H,31,35)/t22-,25+/m1/s1. The smallest absolute Gasteiger partial charge is 0.410 e. The van der Waals surface area contributed by atoms with E-state index in [2.05, 4.69) is 15.3 Å². The van der Waals surface area contributed by atoms with Crippen LogP contribution in [0.2, 0.25) is 0 Å². The average Bonchev–Trinajstić information content (AvgIpc) is 3.60. The predicted molar refractivity (Wildman–Crippen MR) is 149 cm³/mol. The number of amides is 2. The van der Waals surface area contributed by atoms with Gasteiger partial charge in [-0.15, -0.1) is 0 Å². The first kappa shape index (κ1) is 27.3. The van der Waals surface area contributed by atoms with Crippen LogP contribution in [0.15, 0.2) is 78.0 Å². The molecule has 10 nitrogen and oxygen atoms in total. The number of ether oxygens (including phenoxy) is 1. The lowest BCUT2D eigenvalue weighted by Crippen LogP contribution is -2.35. The Morgan fingerprint density at radius 3 is 2.52 bits per heavy atom. The van der Waals surface area contributed by atoms with Crippen LogP contribution in [-0.2, 0) is 32.7 Å². The van der Waals surface area contributed by atoms with E-state index in [1.165, 1.54) is 12.4 Å². The van der Waals surface area contributed by atoms with Crippen LogP contribution < -0.4 is 5.32 Å². The molecule has 2 atom stereocenters. The average molecular weight is 562 g/mol. The number of aryl methyl sites for hydroxylation is 1. The maximum Gasteiger partial charge on any atom is 0.410 e. The number of benzene rings is 2. The third kappa shape index (κ3) is 5.69. The monoisotopic (exact) mass is 561 g/mol. The molecule has 1 saturated heterocycles. The number of nitrogens with one attached hydrogen (secondary N) is 1. The van der Waals surface area contributed by atoms with Crippen molar-refractivity contribution in [2.45, 2.75) is 38.3 Å². The second-order valence-electron chi connectivity index (χ2n) is 9.94. The molecule has 2 aromatic heterocycles. The molecule has 1 fully saturated rings. The summed E-state index contributed by atoms with van der Waals surface area (Å²) in [4.78, 5) is 36.3. The molecule has 11 heteroatoms. The van der Waals surface area contributed by atoms with Gasteiger partial charge in [0, 0.05) is 19.3 Å². The molecule has 40 heavy (non-hydrogen) atoms. The highest BCUT2D eigenvalue weighted by Crippen LogP contribution is 2.27. The zero-order valence-corrected chi connectivity index (χ0v) is 23.2. The third-order valence-corrected chi connectivity index (χ3v) is 8.87. The first-order chi connectivity index (χ1) is 19.3. The highest BCUT2D eigenvalue weighted by Gasteiger charge is 2.39. The Labute approximate surface area is 233 Å². The molecule has 0 aliphatic carbocycles. The minimum atomic E-state index is -3.83. The van der Waals surface area contributed by atoms with Crippen molar-refractivity contribution in [2.24, 2.45) is 11.8 Å². The van der Waals surface area contributed by atoms with Gasteiger partial charge in [0.15, 0.2) is 5.65 Å². The fourth-order valence-electron chi connectivity index (χ4n) is 4.88. The van der Waals surface area contributed by atoms with E-state index in [0.29, 0.717) is 17.8 Å². The lowest BCUT2D eigenvalue weighted by molar-refractivity contribution is -0.125. The minimum Gasteiger partial charge on any atom is -0.445 e. The molecule has 1 N–H and O–H groups in total. The van der Waals surface area contributed by atoms with E-state index < -0.39 is 16.1 Å². The molecule has 2 amide bonds. The summed E-state index contributed by atoms with van der Waals surface area (Å²) in [5, 5.41) is 2.91. The van der Waals surface area contributed by atoms with E-state index in [1.54, 1.807) is 35.2 Å². The van der Waals surface area contributed by atoms with Gasteiger partial charge in [-0.2, -0.15) is 0 Å². The Bertz CT molecular complexity index is 1620. The van der Waals surface area contributed by atoms with Gasteiger partial charge in [0.2, 0.25) is 5.91 Å². The van der Waals surface area contributed by atoms with Crippen molar-refractivity contribution in [3.8, 4) is 0 Å². The number of fused-ring (bicyclic) bond motifs is 1. The molecule has 0 unspecified atom stereocenters. The van der Waals surface area contributed by atoms with E-state index in [4.69, 9.17) is 4.74 Å². The van der Waals surface area contributed by atoms with Crippen LogP contribution in [-0.4, -0.2) is 52.3 Å². The van der Waals surface area contributed by atoms with E-state index in [1.807, 2.05) is 44.2 Å². The highest BCUT2D eigenvalue weighted by molar-refractivity contribution is 7.90. The molecule has 0 saturated carbocycles. The summed E-state index contributed by atoms with van der Waals surface area (Å²) in [6, 6.07) is 17.6. The molecular weight excluding hydrogens is 530 g/mol. The number of rotatable bonds is 8. The van der Waals surface area contributed by atoms with Crippen molar-refractivity contribution < 1.29 is 22.7 Å². The van der Waals surface area contributed by atoms with Crippen molar-refractivity contribution in [3.63, 3.8) is 0 Å². The topological polar surface area (TPSA) is 123 Å². The normalized spacial score (nSPS) is 17.2. The summed E-state index contributed by atoms with van der Waals surface area (Å²) in [6.07, 6.45) is 3.20. The molecule has 3 heterocycles. The van der Waals surface area contributed by atoms with E-state index in [0.717, 1.165) is 21.5 Å². The molecule has 208 valence electrons. The van der Waals surface area contributed by atoms with Crippen LogP contribution in [0.25, 0.3) is 11.2 Å². The predicted octanol–water partition coefficient (Wildman–Crippen LogP) is 3.89. The van der Waals surface area contributed by atoms with E-state index >= 15 is 0 Å². The number of nitrogens with zero attached hydrogens (tertiary/aromatic N) is 4. The first-order valence-corrected chi connectivity index (χ1v) is 14.6. The van der Waals surface area contributed by atoms with Crippen molar-refractivity contribution >= 4 is 33.2 Å². The number of carbonyl (C=O) groups is 2. The summed E-state index contributed by atoms with van der Waals surface area (Å²) in [7, 11) is -3.83. The molecule has 4 aromatic rings. The lowest BCUT2D eigenvalue weighted by Gasteiger charge is -2.16. The molecule has 0 bridgehead atoms. The largest absolute Gasteiger partial charge is 0.445 e. The zero-order chi connectivity index (χ0) is 28.3. The van der Waals surface area contributed by atoms with Crippen LogP contribution in [0, 0.1) is 18.8 Å². The molecule has 1 aliphatic rings. The lowest BCUT2D eigenvalue weighted by atomic mass is 9.93. The maximum absolute atomic E-state index is 13.1. The second kappa shape index (κ2) is 11.5. The quantitative estimate of drug-likeness (QED) is 0.346. The molecule has 0 spiro atoms. The summed E-state index contributed by atoms with van der Waals surface area (Å²) in [5.41, 5.74) is 2.97. The van der Waals surface area contributed by atoms with Gasteiger partial charge >= 0.3 is 6.09 Å². The van der Waals surface area contributed by atoms with Crippen molar-refractivity contribution in [1.82, 2.24) is 24.2 Å². The van der Waals surface area contributed by atoms with E-state index in [9.17, 15) is 18.0 Å². The van der Waals surface area contributed by atoms with Crippen LogP contribution in [0.3, 0.4) is 0 Å². The summed E-state index contributed by atoms with van der Waals surface area (Å²) in [5.74, 6) is -0.530. The Hall–Kier alpha value is -4.25. The van der Waals surface area contributed by atoms with Gasteiger partial charge in [-0.1, -0.05) is 61.4 Å². The first-order valence-electron chi connectivity index (χ1n) is 13.1. The Kier molecular flexibility index (Phi) is 7.83. The molecule has 2 aromatic carbocycles. The van der Waals surface area contributed by atoms with Gasteiger partial charge in [0.05, 0.1) is 29.2 Å². The number of aromatic nitrogens is 3. The van der Waals surface area contributed by atoms with Crippen LogP contribution in [0.1, 0.15) is 30.2 Å². The molecular formula is C29H31N5O5S. The number of hydrogen-bond donors (Lipinski definition) is 1. The Morgan fingerprint density at radius 2 is 1.80 bits per heavy atom. The maximum atomic E-state index is 13.1. The van der Waals surface area contributed by atoms with Crippen LogP contribution in [0.5, 0.6) is 0 Å². The van der Waals surface area contributed by atoms with Gasteiger partial charge in [0.25, 0.3) is 10.0 Å². The number of hydrogen-bond acceptors (Lipinski definition) is 7. The Balaban J connectivity index is 1.21. The van der Waals surface area contributed by atoms with Crippen LogP contribution in [0.4, 0.5) is 4.79 Å².